The van der Waals surface area contributed by atoms with E-state index in [1.165, 1.54) is 12.3 Å². The maximum atomic E-state index is 14.2. The second-order valence-corrected chi connectivity index (χ2v) is 14.5. The van der Waals surface area contributed by atoms with Gasteiger partial charge in [0.05, 0.1) is 48.1 Å². The molecule has 0 radical (unpaired) electrons. The highest BCUT2D eigenvalue weighted by atomic mass is 19.4. The lowest BCUT2D eigenvalue weighted by atomic mass is 9.86. The third-order valence-corrected chi connectivity index (χ3v) is 10.6. The largest absolute Gasteiger partial charge is 0.481 e. The van der Waals surface area contributed by atoms with Crippen molar-refractivity contribution in [1.82, 2.24) is 34.8 Å². The van der Waals surface area contributed by atoms with Crippen LogP contribution in [0.25, 0.3) is 33.9 Å². The number of nitrogens with one attached hydrogen (secondary N) is 1. The molecule has 0 aromatic carbocycles. The van der Waals surface area contributed by atoms with Crippen LogP contribution >= 0.6 is 0 Å². The number of aromatic amines is 1. The van der Waals surface area contributed by atoms with Gasteiger partial charge in [-0.2, -0.15) is 13.2 Å². The molecule has 0 amide bonds. The predicted octanol–water partition coefficient (Wildman–Crippen LogP) is 6.00. The van der Waals surface area contributed by atoms with Gasteiger partial charge in [0.25, 0.3) is 0 Å². The first-order valence-electron chi connectivity index (χ1n) is 17.6. The average Bonchev–Trinajstić information content (AvgIpc) is 3.70. The number of methoxy groups -OCH3 is 1. The maximum Gasteiger partial charge on any atom is 0.418 e. The van der Waals surface area contributed by atoms with E-state index in [0.717, 1.165) is 44.5 Å². The Labute approximate surface area is 294 Å². The van der Waals surface area contributed by atoms with Crippen LogP contribution in [0, 0.1) is 5.41 Å². The number of hydrogen-bond acceptors (Lipinski definition) is 10. The highest BCUT2D eigenvalue weighted by molar-refractivity contribution is 5.91. The first-order valence-corrected chi connectivity index (χ1v) is 17.6. The molecule has 4 aromatic rings. The van der Waals surface area contributed by atoms with Crippen LogP contribution in [-0.4, -0.2) is 105 Å². The van der Waals surface area contributed by atoms with E-state index in [1.807, 2.05) is 13.1 Å². The number of carboxylic acids is 1. The Bertz CT molecular complexity index is 1870. The van der Waals surface area contributed by atoms with Crippen LogP contribution in [0.15, 0.2) is 30.7 Å². The van der Waals surface area contributed by atoms with Crippen LogP contribution in [0.3, 0.4) is 0 Å². The van der Waals surface area contributed by atoms with E-state index in [0.29, 0.717) is 73.3 Å². The molecule has 3 fully saturated rings. The lowest BCUT2D eigenvalue weighted by Gasteiger charge is -2.40. The number of carboxylic acid groups (broad SMARTS) is 1. The van der Waals surface area contributed by atoms with Gasteiger partial charge in [-0.15, -0.1) is 0 Å². The van der Waals surface area contributed by atoms with Crippen molar-refractivity contribution in [2.75, 3.05) is 63.3 Å². The summed E-state index contributed by atoms with van der Waals surface area (Å²) in [5.74, 6) is 0.194. The molecule has 272 valence electrons. The number of piperazine rings is 1. The molecule has 3 aliphatic rings. The van der Waals surface area contributed by atoms with Gasteiger partial charge in [-0.05, 0) is 44.7 Å². The van der Waals surface area contributed by atoms with Crippen molar-refractivity contribution in [2.24, 2.45) is 5.41 Å². The van der Waals surface area contributed by atoms with Crippen molar-refractivity contribution in [3.8, 4) is 22.8 Å². The summed E-state index contributed by atoms with van der Waals surface area (Å²) < 4.78 is 48.4. The molecule has 0 unspecified atom stereocenters. The van der Waals surface area contributed by atoms with Crippen molar-refractivity contribution in [1.29, 1.82) is 0 Å². The lowest BCUT2D eigenvalue weighted by molar-refractivity contribution is -0.139. The zero-order valence-corrected chi connectivity index (χ0v) is 29.2. The van der Waals surface area contributed by atoms with E-state index in [1.54, 1.807) is 19.5 Å². The zero-order valence-electron chi connectivity index (χ0n) is 29.2. The Hall–Kier alpha value is -4.37. The number of aliphatic carboxylic acids is 1. The minimum Gasteiger partial charge on any atom is -0.481 e. The molecule has 1 aliphatic heterocycles. The Morgan fingerprint density at radius 1 is 1.08 bits per heavy atom. The lowest BCUT2D eigenvalue weighted by Crippen LogP contribution is -2.52. The minimum absolute atomic E-state index is 0.0424. The number of nitrogens with zero attached hydrogens (tertiary/aromatic N) is 8. The molecule has 0 bridgehead atoms. The van der Waals surface area contributed by atoms with Gasteiger partial charge in [-0.1, -0.05) is 12.8 Å². The van der Waals surface area contributed by atoms with Gasteiger partial charge in [0.1, 0.15) is 17.0 Å². The molecule has 15 heteroatoms. The fraction of sp³-hybridized carbons (Fsp3) is 0.556. The highest BCUT2D eigenvalue weighted by Gasteiger charge is 2.40. The fourth-order valence-electron chi connectivity index (χ4n) is 7.86. The van der Waals surface area contributed by atoms with Gasteiger partial charge in [0, 0.05) is 76.0 Å². The smallest absolute Gasteiger partial charge is 0.418 e. The molecule has 12 nitrogen and oxygen atoms in total. The molecule has 1 saturated heterocycles. The standard InChI is InChI=1S/C36H44F3N9O3/c1-22-19-47(11-8-30(49)50)12-13-48(22)29-18-40-27(17-41-29)33-44-32-28(46(2)20-35(21-51-3)9-4-5-10-35)15-26(43-34(32)45-33)24-14-25(36(37,38)39)31(42-16-24)23-6-7-23/h14-18,22-23H,4-13,19-21H2,1-3H3,(H,49,50)(H,43,44,45)/t22-/m1/s1. The van der Waals surface area contributed by atoms with E-state index in [2.05, 4.69) is 31.6 Å². The number of fused-ring (bicyclic) bond motifs is 1. The molecule has 5 heterocycles. The third-order valence-electron chi connectivity index (χ3n) is 10.6. The van der Waals surface area contributed by atoms with Crippen LogP contribution in [-0.2, 0) is 15.7 Å². The first kappa shape index (κ1) is 35.1. The SMILES string of the molecule is COCC1(CN(C)c2cc(-c3cnc(C4CC4)c(C(F)(F)F)c3)nc3nc(-c4cnc(N5CCN(CCC(=O)O)C[C@H]5C)cn4)[nH]c23)CCCC1. The monoisotopic (exact) mass is 707 g/mol. The second-order valence-electron chi connectivity index (χ2n) is 14.5. The highest BCUT2D eigenvalue weighted by Crippen LogP contribution is 2.46. The van der Waals surface area contributed by atoms with Crippen LogP contribution in [0.5, 0.6) is 0 Å². The Morgan fingerprint density at radius 2 is 1.86 bits per heavy atom. The molecule has 2 saturated carbocycles. The minimum atomic E-state index is -4.53. The number of imidazole rings is 1. The first-order chi connectivity index (χ1) is 24.4. The van der Waals surface area contributed by atoms with Crippen molar-refractivity contribution < 1.29 is 27.8 Å². The number of alkyl halides is 3. The number of carbonyl (C=O) groups is 1. The van der Waals surface area contributed by atoms with Gasteiger partial charge < -0.3 is 24.6 Å². The van der Waals surface area contributed by atoms with Crippen LogP contribution in [0.4, 0.5) is 24.7 Å². The maximum absolute atomic E-state index is 14.2. The van der Waals surface area contributed by atoms with Gasteiger partial charge >= 0.3 is 12.1 Å². The third kappa shape index (κ3) is 7.50. The van der Waals surface area contributed by atoms with E-state index in [-0.39, 0.29) is 35.1 Å². The second kappa shape index (κ2) is 14.0. The van der Waals surface area contributed by atoms with Gasteiger partial charge in [0.2, 0.25) is 0 Å². The summed E-state index contributed by atoms with van der Waals surface area (Å²) in [5.41, 5.74) is 2.25. The van der Waals surface area contributed by atoms with Crippen molar-refractivity contribution >= 4 is 28.6 Å². The van der Waals surface area contributed by atoms with Crippen LogP contribution in [0.2, 0.25) is 0 Å². The number of anilines is 2. The summed E-state index contributed by atoms with van der Waals surface area (Å²) >= 11 is 0. The van der Waals surface area contributed by atoms with Crippen LogP contribution in [0.1, 0.15) is 69.0 Å². The molecule has 4 aromatic heterocycles. The van der Waals surface area contributed by atoms with Gasteiger partial charge in [-0.25, -0.2) is 19.9 Å². The number of ether oxygens (including phenoxy) is 1. The quantitative estimate of drug-likeness (QED) is 0.179. The Kier molecular flexibility index (Phi) is 9.61. The van der Waals surface area contributed by atoms with Crippen LogP contribution < -0.4 is 9.80 Å². The molecule has 51 heavy (non-hydrogen) atoms. The molecule has 1 atom stereocenters. The van der Waals surface area contributed by atoms with Crippen molar-refractivity contribution in [3.63, 3.8) is 0 Å². The molecule has 7 rings (SSSR count). The van der Waals surface area contributed by atoms with E-state index >= 15 is 0 Å². The van der Waals surface area contributed by atoms with Crippen molar-refractivity contribution in [3.05, 3.63) is 42.0 Å². The molecular formula is C36H44F3N9O3. The number of pyridine rings is 2. The number of halogens is 3. The number of H-pyrrole nitrogens is 1. The molecule has 0 spiro atoms. The average molecular weight is 708 g/mol. The number of rotatable bonds is 12. The molecular weight excluding hydrogens is 663 g/mol. The predicted molar refractivity (Wildman–Crippen MR) is 187 cm³/mol. The molecule has 2 aliphatic carbocycles. The van der Waals surface area contributed by atoms with E-state index in [9.17, 15) is 18.0 Å². The zero-order chi connectivity index (χ0) is 35.9. The molecule has 2 N–H and O–H groups in total. The van der Waals surface area contributed by atoms with E-state index in [4.69, 9.17) is 29.8 Å². The summed E-state index contributed by atoms with van der Waals surface area (Å²) in [7, 11) is 3.71. The van der Waals surface area contributed by atoms with Gasteiger partial charge in [0.15, 0.2) is 11.5 Å². The Morgan fingerprint density at radius 3 is 2.51 bits per heavy atom. The van der Waals surface area contributed by atoms with Gasteiger partial charge in [-0.3, -0.25) is 14.7 Å². The van der Waals surface area contributed by atoms with E-state index < -0.39 is 17.7 Å². The summed E-state index contributed by atoms with van der Waals surface area (Å²) in [6.07, 6.45) is 6.15. The topological polar surface area (TPSA) is 136 Å². The number of hydrogen-bond donors (Lipinski definition) is 2. The summed E-state index contributed by atoms with van der Waals surface area (Å²) in [6, 6.07) is 3.11. The summed E-state index contributed by atoms with van der Waals surface area (Å²) in [5, 5.41) is 9.05. The Balaban J connectivity index is 1.22. The van der Waals surface area contributed by atoms with Crippen molar-refractivity contribution in [2.45, 2.75) is 70.0 Å². The normalized spacial score (nSPS) is 19.6. The fourth-order valence-corrected chi connectivity index (χ4v) is 7.86. The number of aromatic nitrogens is 6. The summed E-state index contributed by atoms with van der Waals surface area (Å²) in [6.45, 7) is 6.04. The summed E-state index contributed by atoms with van der Waals surface area (Å²) in [4.78, 5) is 44.1.